The predicted octanol–water partition coefficient (Wildman–Crippen LogP) is 5.00. The number of carbonyl (C=O) groups is 1. The summed E-state index contributed by atoms with van der Waals surface area (Å²) in [6, 6.07) is 17.8. The number of aryl methyl sites for hydroxylation is 1. The fourth-order valence-corrected chi connectivity index (χ4v) is 4.52. The number of anilines is 1. The summed E-state index contributed by atoms with van der Waals surface area (Å²) < 4.78 is 16.0. The molecule has 0 radical (unpaired) electrons. The largest absolute Gasteiger partial charge is 0.367 e. The molecule has 1 aliphatic heterocycles. The minimum absolute atomic E-state index is 0.114. The van der Waals surface area contributed by atoms with Crippen LogP contribution in [0.15, 0.2) is 66.9 Å². The number of piperazine rings is 1. The Labute approximate surface area is 190 Å². The second kappa shape index (κ2) is 8.28. The number of amides is 1. The quantitative estimate of drug-likeness (QED) is 0.443. The Morgan fingerprint density at radius 1 is 1.00 bits per heavy atom. The van der Waals surface area contributed by atoms with Crippen molar-refractivity contribution in [2.75, 3.05) is 31.1 Å². The zero-order chi connectivity index (χ0) is 22.2. The highest BCUT2D eigenvalue weighted by atomic mass is 35.5. The van der Waals surface area contributed by atoms with E-state index >= 15 is 0 Å². The Balaban J connectivity index is 1.47. The van der Waals surface area contributed by atoms with Gasteiger partial charge in [-0.3, -0.25) is 4.79 Å². The lowest BCUT2D eigenvalue weighted by Gasteiger charge is -2.36. The molecule has 0 unspecified atom stereocenters. The first-order valence-electron chi connectivity index (χ1n) is 10.5. The van der Waals surface area contributed by atoms with Crippen molar-refractivity contribution in [2.45, 2.75) is 0 Å². The lowest BCUT2D eigenvalue weighted by molar-refractivity contribution is 0.0748. The second-order valence-corrected chi connectivity index (χ2v) is 8.36. The van der Waals surface area contributed by atoms with E-state index in [4.69, 9.17) is 11.6 Å². The van der Waals surface area contributed by atoms with Crippen LogP contribution >= 0.6 is 11.6 Å². The zero-order valence-corrected chi connectivity index (χ0v) is 18.4. The Morgan fingerprint density at radius 2 is 1.78 bits per heavy atom. The zero-order valence-electron chi connectivity index (χ0n) is 17.6. The van der Waals surface area contributed by atoms with Crippen LogP contribution in [0.25, 0.3) is 22.3 Å². The molecule has 1 fully saturated rings. The van der Waals surface area contributed by atoms with Gasteiger partial charge < -0.3 is 14.4 Å². The van der Waals surface area contributed by atoms with Crippen molar-refractivity contribution in [3.8, 4) is 11.4 Å². The van der Waals surface area contributed by atoms with E-state index < -0.39 is 0 Å². The third-order valence-electron chi connectivity index (χ3n) is 5.97. The van der Waals surface area contributed by atoms with E-state index in [1.807, 2.05) is 59.1 Å². The average molecular weight is 449 g/mol. The summed E-state index contributed by atoms with van der Waals surface area (Å²) in [5, 5.41) is 1.23. The van der Waals surface area contributed by atoms with Crippen LogP contribution in [0.3, 0.4) is 0 Å². The molecule has 1 aliphatic rings. The fourth-order valence-electron chi connectivity index (χ4n) is 4.26. The summed E-state index contributed by atoms with van der Waals surface area (Å²) >= 11 is 6.34. The lowest BCUT2D eigenvalue weighted by atomic mass is 10.0. The van der Waals surface area contributed by atoms with Crippen molar-refractivity contribution in [1.82, 2.24) is 14.5 Å². The molecule has 3 heterocycles. The molecule has 0 atom stereocenters. The Hall–Kier alpha value is -3.38. The van der Waals surface area contributed by atoms with Crippen LogP contribution in [0.4, 0.5) is 10.1 Å². The van der Waals surface area contributed by atoms with Crippen LogP contribution in [-0.2, 0) is 7.05 Å². The second-order valence-electron chi connectivity index (χ2n) is 7.95. The van der Waals surface area contributed by atoms with Gasteiger partial charge in [0, 0.05) is 44.8 Å². The van der Waals surface area contributed by atoms with Gasteiger partial charge in [0.15, 0.2) is 0 Å². The van der Waals surface area contributed by atoms with Gasteiger partial charge in [0.25, 0.3) is 5.91 Å². The number of nitrogens with zero attached hydrogens (tertiary/aromatic N) is 4. The lowest BCUT2D eigenvalue weighted by Crippen LogP contribution is -2.49. The van der Waals surface area contributed by atoms with E-state index in [0.29, 0.717) is 53.4 Å². The number of rotatable bonds is 3. The molecule has 1 saturated heterocycles. The van der Waals surface area contributed by atoms with Crippen molar-refractivity contribution >= 4 is 34.1 Å². The van der Waals surface area contributed by atoms with Gasteiger partial charge in [-0.15, -0.1) is 0 Å². The number of pyridine rings is 1. The highest BCUT2D eigenvalue weighted by Crippen LogP contribution is 2.29. The number of aromatic nitrogens is 2. The van der Waals surface area contributed by atoms with Gasteiger partial charge in [-0.05, 0) is 48.5 Å². The molecular weight excluding hydrogens is 427 g/mol. The summed E-state index contributed by atoms with van der Waals surface area (Å²) in [6.45, 7) is 2.47. The first kappa shape index (κ1) is 20.5. The monoisotopic (exact) mass is 448 g/mol. The van der Waals surface area contributed by atoms with Gasteiger partial charge in [-0.25, -0.2) is 9.37 Å². The Morgan fingerprint density at radius 3 is 2.50 bits per heavy atom. The van der Waals surface area contributed by atoms with Crippen LogP contribution in [-0.4, -0.2) is 46.5 Å². The molecule has 4 aromatic rings. The van der Waals surface area contributed by atoms with Gasteiger partial charge in [-0.1, -0.05) is 23.7 Å². The number of benzene rings is 2. The minimum atomic E-state index is -0.386. The molecule has 5 rings (SSSR count). The molecule has 2 aromatic carbocycles. The number of carbonyl (C=O) groups excluding carboxylic acids is 1. The van der Waals surface area contributed by atoms with Crippen LogP contribution in [0.1, 0.15) is 10.4 Å². The maximum atomic E-state index is 14.1. The first-order chi connectivity index (χ1) is 15.5. The minimum Gasteiger partial charge on any atom is -0.367 e. The third-order valence-corrected chi connectivity index (χ3v) is 6.29. The van der Waals surface area contributed by atoms with Crippen LogP contribution in [0.2, 0.25) is 5.02 Å². The molecule has 1 amide bonds. The summed E-state index contributed by atoms with van der Waals surface area (Å²) in [5.74, 6) is -0.499. The SMILES string of the molecule is Cn1cccc1-c1cc(C(=O)N2CCN(c3ccccc3Cl)CC2)c2cc(F)ccc2n1. The van der Waals surface area contributed by atoms with E-state index in [9.17, 15) is 9.18 Å². The van der Waals surface area contributed by atoms with Crippen molar-refractivity contribution < 1.29 is 9.18 Å². The Bertz CT molecular complexity index is 1310. The van der Waals surface area contributed by atoms with Gasteiger partial charge >= 0.3 is 0 Å². The molecule has 0 N–H and O–H groups in total. The number of hydrogen-bond acceptors (Lipinski definition) is 3. The van der Waals surface area contributed by atoms with Crippen molar-refractivity contribution in [2.24, 2.45) is 7.05 Å². The molecule has 162 valence electrons. The average Bonchev–Trinajstić information content (AvgIpc) is 3.24. The van der Waals surface area contributed by atoms with Crippen LogP contribution < -0.4 is 4.90 Å². The number of para-hydroxylation sites is 1. The van der Waals surface area contributed by atoms with Gasteiger partial charge in [0.2, 0.25) is 0 Å². The van der Waals surface area contributed by atoms with Gasteiger partial charge in [0.05, 0.1) is 33.2 Å². The fraction of sp³-hybridized carbons (Fsp3) is 0.200. The summed E-state index contributed by atoms with van der Waals surface area (Å²) in [7, 11) is 1.93. The number of hydrogen-bond donors (Lipinski definition) is 0. The van der Waals surface area contributed by atoms with Gasteiger partial charge in [-0.2, -0.15) is 0 Å². The smallest absolute Gasteiger partial charge is 0.254 e. The van der Waals surface area contributed by atoms with E-state index in [1.54, 1.807) is 12.1 Å². The van der Waals surface area contributed by atoms with Gasteiger partial charge in [0.1, 0.15) is 5.82 Å². The molecule has 0 aliphatic carbocycles. The summed E-state index contributed by atoms with van der Waals surface area (Å²) in [4.78, 5) is 22.3. The molecule has 0 bridgehead atoms. The Kier molecular flexibility index (Phi) is 5.31. The van der Waals surface area contributed by atoms with Crippen LogP contribution in [0.5, 0.6) is 0 Å². The highest BCUT2D eigenvalue weighted by Gasteiger charge is 2.25. The van der Waals surface area contributed by atoms with Crippen LogP contribution in [0, 0.1) is 5.82 Å². The van der Waals surface area contributed by atoms with Crippen molar-refractivity contribution in [1.29, 1.82) is 0 Å². The first-order valence-corrected chi connectivity index (χ1v) is 10.9. The molecule has 5 nitrogen and oxygen atoms in total. The van der Waals surface area contributed by atoms with E-state index in [1.165, 1.54) is 12.1 Å². The maximum absolute atomic E-state index is 14.1. The molecule has 0 spiro atoms. The van der Waals surface area contributed by atoms with Crippen molar-refractivity contribution in [3.05, 3.63) is 83.3 Å². The maximum Gasteiger partial charge on any atom is 0.254 e. The number of fused-ring (bicyclic) bond motifs is 1. The normalized spacial score (nSPS) is 14.2. The predicted molar refractivity (Wildman–Crippen MR) is 126 cm³/mol. The van der Waals surface area contributed by atoms with E-state index in [-0.39, 0.29) is 11.7 Å². The summed E-state index contributed by atoms with van der Waals surface area (Å²) in [5.41, 5.74) is 3.63. The van der Waals surface area contributed by atoms with Crippen molar-refractivity contribution in [3.63, 3.8) is 0 Å². The topological polar surface area (TPSA) is 41.4 Å². The molecule has 32 heavy (non-hydrogen) atoms. The standard InChI is InChI=1S/C25H22ClFN4O/c1-29-10-4-7-24(29)22-16-19(18-15-17(27)8-9-21(18)28-22)25(32)31-13-11-30(12-14-31)23-6-3-2-5-20(23)26/h2-10,15-16H,11-14H2,1H3. The van der Waals surface area contributed by atoms with E-state index in [0.717, 1.165) is 11.4 Å². The molecule has 0 saturated carbocycles. The van der Waals surface area contributed by atoms with E-state index in [2.05, 4.69) is 9.88 Å². The molecular formula is C25H22ClFN4O. The molecule has 2 aromatic heterocycles. The highest BCUT2D eigenvalue weighted by molar-refractivity contribution is 6.33. The third kappa shape index (κ3) is 3.71. The number of halogens is 2. The summed E-state index contributed by atoms with van der Waals surface area (Å²) in [6.07, 6.45) is 1.93. The molecule has 7 heteroatoms.